The van der Waals surface area contributed by atoms with Crippen molar-refractivity contribution in [2.75, 3.05) is 26.7 Å². The highest BCUT2D eigenvalue weighted by Gasteiger charge is 2.30. The van der Waals surface area contributed by atoms with E-state index in [0.29, 0.717) is 36.1 Å². The van der Waals surface area contributed by atoms with Gasteiger partial charge in [-0.1, -0.05) is 18.2 Å². The quantitative estimate of drug-likeness (QED) is 0.646. The van der Waals surface area contributed by atoms with E-state index in [1.54, 1.807) is 31.6 Å². The third-order valence-electron chi connectivity index (χ3n) is 4.88. The number of hydrogen-bond acceptors (Lipinski definition) is 6. The Hall–Kier alpha value is -3.03. The number of methoxy groups -OCH3 is 1. The molecule has 1 aliphatic rings. The zero-order valence-corrected chi connectivity index (χ0v) is 17.4. The molecule has 0 radical (unpaired) electrons. The van der Waals surface area contributed by atoms with Crippen LogP contribution < -0.4 is 14.8 Å². The number of hydrogen-bond donors (Lipinski definition) is 1. The van der Waals surface area contributed by atoms with Crippen LogP contribution in [0.25, 0.3) is 0 Å². The Balaban J connectivity index is 0.00000256. The highest BCUT2D eigenvalue weighted by molar-refractivity contribution is 5.92. The van der Waals surface area contributed by atoms with Gasteiger partial charge in [-0.15, -0.1) is 12.4 Å². The van der Waals surface area contributed by atoms with Gasteiger partial charge in [0.1, 0.15) is 12.4 Å². The van der Waals surface area contributed by atoms with Crippen molar-refractivity contribution < 1.29 is 18.7 Å². The third kappa shape index (κ3) is 4.75. The molecule has 3 aromatic rings. The van der Waals surface area contributed by atoms with E-state index < -0.39 is 0 Å². The van der Waals surface area contributed by atoms with Gasteiger partial charge in [-0.25, -0.2) is 0 Å². The van der Waals surface area contributed by atoms with Gasteiger partial charge >= 0.3 is 0 Å². The van der Waals surface area contributed by atoms with Crippen LogP contribution in [0.3, 0.4) is 0 Å². The van der Waals surface area contributed by atoms with E-state index in [4.69, 9.17) is 13.9 Å². The van der Waals surface area contributed by atoms with Crippen molar-refractivity contribution in [3.8, 4) is 11.5 Å². The molecule has 30 heavy (non-hydrogen) atoms. The smallest absolute Gasteiger partial charge is 0.290 e. The number of carbonyl (C=O) groups excluding carboxylic acids is 1. The highest BCUT2D eigenvalue weighted by atomic mass is 35.5. The van der Waals surface area contributed by atoms with Gasteiger partial charge in [0.25, 0.3) is 5.91 Å². The van der Waals surface area contributed by atoms with Crippen molar-refractivity contribution in [1.29, 1.82) is 0 Å². The molecule has 1 fully saturated rings. The molecule has 0 saturated carbocycles. The van der Waals surface area contributed by atoms with Crippen LogP contribution in [0.1, 0.15) is 27.9 Å². The number of amides is 1. The molecule has 0 aliphatic carbocycles. The molecule has 1 unspecified atom stereocenters. The number of rotatable bonds is 6. The number of piperazine rings is 1. The molecule has 7 nitrogen and oxygen atoms in total. The van der Waals surface area contributed by atoms with Gasteiger partial charge in [0.2, 0.25) is 0 Å². The predicted molar refractivity (Wildman–Crippen MR) is 114 cm³/mol. The predicted octanol–water partition coefficient (Wildman–Crippen LogP) is 3.47. The van der Waals surface area contributed by atoms with Crippen LogP contribution in [-0.2, 0) is 6.61 Å². The number of pyridine rings is 1. The van der Waals surface area contributed by atoms with Crippen LogP contribution in [-0.4, -0.2) is 42.5 Å². The Morgan fingerprint density at radius 1 is 1.20 bits per heavy atom. The number of ether oxygens (including phenoxy) is 2. The van der Waals surface area contributed by atoms with Crippen LogP contribution in [0.4, 0.5) is 0 Å². The monoisotopic (exact) mass is 429 g/mol. The molecule has 2 aromatic heterocycles. The molecular formula is C22H24ClN3O4. The van der Waals surface area contributed by atoms with Gasteiger partial charge in [0.15, 0.2) is 17.3 Å². The van der Waals surface area contributed by atoms with E-state index in [-0.39, 0.29) is 31.0 Å². The average molecular weight is 430 g/mol. The third-order valence-corrected chi connectivity index (χ3v) is 4.88. The molecule has 0 bridgehead atoms. The second-order valence-electron chi connectivity index (χ2n) is 6.71. The summed E-state index contributed by atoms with van der Waals surface area (Å²) < 4.78 is 16.8. The summed E-state index contributed by atoms with van der Waals surface area (Å²) in [5.74, 6) is 2.02. The highest BCUT2D eigenvalue weighted by Crippen LogP contribution is 2.28. The lowest BCUT2D eigenvalue weighted by Crippen LogP contribution is -2.48. The number of furan rings is 1. The lowest BCUT2D eigenvalue weighted by Gasteiger charge is -2.35. The van der Waals surface area contributed by atoms with Crippen molar-refractivity contribution in [3.63, 3.8) is 0 Å². The van der Waals surface area contributed by atoms with Crippen LogP contribution in [0.2, 0.25) is 0 Å². The summed E-state index contributed by atoms with van der Waals surface area (Å²) in [4.78, 5) is 19.1. The maximum atomic E-state index is 13.1. The number of nitrogens with zero attached hydrogens (tertiary/aromatic N) is 2. The average Bonchev–Trinajstić information content (AvgIpc) is 3.27. The van der Waals surface area contributed by atoms with Crippen molar-refractivity contribution in [1.82, 2.24) is 15.2 Å². The normalized spacial score (nSPS) is 15.9. The number of halogens is 1. The van der Waals surface area contributed by atoms with E-state index in [2.05, 4.69) is 10.3 Å². The Kier molecular flexibility index (Phi) is 7.32. The number of nitrogens with one attached hydrogen (secondary N) is 1. The first-order valence-corrected chi connectivity index (χ1v) is 9.52. The van der Waals surface area contributed by atoms with Crippen molar-refractivity contribution in [2.24, 2.45) is 0 Å². The standard InChI is InChI=1S/C22H23N3O4.ClH/c1-27-19-6-2-3-7-20(19)28-15-17-8-9-21(29-17)22(26)25-12-11-24-14-18(25)16-5-4-10-23-13-16;/h2-10,13,18,24H,11-12,14-15H2,1H3;1H. The number of aromatic nitrogens is 1. The minimum absolute atomic E-state index is 0. The fourth-order valence-corrected chi connectivity index (χ4v) is 3.42. The second-order valence-corrected chi connectivity index (χ2v) is 6.71. The molecule has 1 aliphatic heterocycles. The number of para-hydroxylation sites is 2. The molecule has 0 spiro atoms. The van der Waals surface area contributed by atoms with Crippen LogP contribution >= 0.6 is 12.4 Å². The molecule has 1 N–H and O–H groups in total. The molecule has 4 rings (SSSR count). The van der Waals surface area contributed by atoms with E-state index in [0.717, 1.165) is 12.1 Å². The van der Waals surface area contributed by atoms with Crippen molar-refractivity contribution in [3.05, 3.63) is 78.0 Å². The Labute approximate surface area is 181 Å². The van der Waals surface area contributed by atoms with Gasteiger partial charge in [0, 0.05) is 32.0 Å². The number of carbonyl (C=O) groups is 1. The molecule has 1 atom stereocenters. The van der Waals surface area contributed by atoms with E-state index in [9.17, 15) is 4.79 Å². The van der Waals surface area contributed by atoms with Gasteiger partial charge in [-0.2, -0.15) is 0 Å². The van der Waals surface area contributed by atoms with Crippen LogP contribution in [0.5, 0.6) is 11.5 Å². The zero-order valence-electron chi connectivity index (χ0n) is 16.6. The summed E-state index contributed by atoms with van der Waals surface area (Å²) in [6, 6.07) is 14.7. The molecule has 1 aromatic carbocycles. The maximum Gasteiger partial charge on any atom is 0.290 e. The molecule has 158 valence electrons. The first-order chi connectivity index (χ1) is 14.3. The summed E-state index contributed by atoms with van der Waals surface area (Å²) in [5, 5.41) is 3.34. The van der Waals surface area contributed by atoms with Crippen molar-refractivity contribution >= 4 is 18.3 Å². The second kappa shape index (κ2) is 10.1. The minimum atomic E-state index is -0.135. The van der Waals surface area contributed by atoms with Gasteiger partial charge in [0.05, 0.1) is 13.2 Å². The zero-order chi connectivity index (χ0) is 20.1. The van der Waals surface area contributed by atoms with Crippen molar-refractivity contribution in [2.45, 2.75) is 12.6 Å². The summed E-state index contributed by atoms with van der Waals surface area (Å²) in [5.41, 5.74) is 0.999. The summed E-state index contributed by atoms with van der Waals surface area (Å²) in [6.45, 7) is 2.24. The molecule has 1 saturated heterocycles. The minimum Gasteiger partial charge on any atom is -0.493 e. The lowest BCUT2D eigenvalue weighted by molar-refractivity contribution is 0.0597. The molecular weight excluding hydrogens is 406 g/mol. The van der Waals surface area contributed by atoms with Crippen LogP contribution in [0.15, 0.2) is 65.3 Å². The van der Waals surface area contributed by atoms with E-state index >= 15 is 0 Å². The van der Waals surface area contributed by atoms with Gasteiger partial charge in [-0.05, 0) is 35.9 Å². The molecule has 1 amide bonds. The van der Waals surface area contributed by atoms with E-state index in [1.807, 2.05) is 41.3 Å². The maximum absolute atomic E-state index is 13.1. The molecule has 3 heterocycles. The van der Waals surface area contributed by atoms with Gasteiger partial charge in [-0.3, -0.25) is 9.78 Å². The SMILES string of the molecule is COc1ccccc1OCc1ccc(C(=O)N2CCNCC2c2cccnc2)o1.Cl. The first-order valence-electron chi connectivity index (χ1n) is 9.52. The topological polar surface area (TPSA) is 76.8 Å². The lowest BCUT2D eigenvalue weighted by atomic mass is 10.1. The van der Waals surface area contributed by atoms with E-state index in [1.165, 1.54) is 0 Å². The summed E-state index contributed by atoms with van der Waals surface area (Å²) in [6.07, 6.45) is 3.53. The Bertz CT molecular complexity index is 964. The number of benzene rings is 1. The first kappa shape index (κ1) is 21.7. The van der Waals surface area contributed by atoms with Gasteiger partial charge < -0.3 is 24.1 Å². The fraction of sp³-hybridized carbons (Fsp3) is 0.273. The molecule has 8 heteroatoms. The summed E-state index contributed by atoms with van der Waals surface area (Å²) in [7, 11) is 1.60. The Morgan fingerprint density at radius 3 is 2.80 bits per heavy atom. The summed E-state index contributed by atoms with van der Waals surface area (Å²) >= 11 is 0. The Morgan fingerprint density at radius 2 is 2.03 bits per heavy atom. The largest absolute Gasteiger partial charge is 0.493 e. The fourth-order valence-electron chi connectivity index (χ4n) is 3.42. The van der Waals surface area contributed by atoms with Crippen LogP contribution in [0, 0.1) is 0 Å².